The molecule has 0 aromatic heterocycles. The highest BCUT2D eigenvalue weighted by molar-refractivity contribution is 8.14. The quantitative estimate of drug-likeness (QED) is 0.908. The summed E-state index contributed by atoms with van der Waals surface area (Å²) < 4.78 is 5.20. The van der Waals surface area contributed by atoms with E-state index in [4.69, 9.17) is 9.73 Å². The zero-order valence-electron chi connectivity index (χ0n) is 11.1. The zero-order chi connectivity index (χ0) is 13.0. The molecule has 18 heavy (non-hydrogen) atoms. The van der Waals surface area contributed by atoms with Gasteiger partial charge in [0.15, 0.2) is 5.17 Å². The Labute approximate surface area is 113 Å². The van der Waals surface area contributed by atoms with Crippen molar-refractivity contribution in [2.24, 2.45) is 4.99 Å². The van der Waals surface area contributed by atoms with Crippen LogP contribution in [0.1, 0.15) is 25.5 Å². The van der Waals surface area contributed by atoms with E-state index in [0.717, 1.165) is 10.9 Å². The van der Waals surface area contributed by atoms with E-state index >= 15 is 0 Å². The standard InChI is InChI=1S/C14H20N2OS/c1-14(2,10-17-3)16-13-15-12(9-18-13)11-7-5-4-6-8-11/h4-8,12H,9-10H2,1-3H3,(H,15,16). The van der Waals surface area contributed by atoms with E-state index in [0.29, 0.717) is 6.61 Å². The molecule has 0 amide bonds. The Bertz CT molecular complexity index is 417. The van der Waals surface area contributed by atoms with E-state index in [1.165, 1.54) is 5.56 Å². The first-order chi connectivity index (χ1) is 8.61. The second kappa shape index (κ2) is 5.76. The number of ether oxygens (including phenoxy) is 1. The lowest BCUT2D eigenvalue weighted by molar-refractivity contribution is 0.140. The SMILES string of the molecule is COCC(C)(C)NC1=NC(c2ccccc2)CS1. The van der Waals surface area contributed by atoms with Gasteiger partial charge in [0.05, 0.1) is 18.2 Å². The van der Waals surface area contributed by atoms with E-state index < -0.39 is 0 Å². The molecule has 3 nitrogen and oxygen atoms in total. The summed E-state index contributed by atoms with van der Waals surface area (Å²) in [5, 5.41) is 4.46. The van der Waals surface area contributed by atoms with E-state index in [-0.39, 0.29) is 11.6 Å². The van der Waals surface area contributed by atoms with Crippen molar-refractivity contribution in [3.05, 3.63) is 35.9 Å². The number of benzene rings is 1. The minimum absolute atomic E-state index is 0.0772. The molecule has 0 spiro atoms. The zero-order valence-corrected chi connectivity index (χ0v) is 12.0. The molecule has 98 valence electrons. The third-order valence-corrected chi connectivity index (χ3v) is 3.75. The molecule has 1 atom stereocenters. The monoisotopic (exact) mass is 264 g/mol. The number of amidine groups is 1. The predicted octanol–water partition coefficient (Wildman–Crippen LogP) is 2.85. The van der Waals surface area contributed by atoms with Gasteiger partial charge in [-0.25, -0.2) is 0 Å². The molecule has 0 aliphatic carbocycles. The van der Waals surface area contributed by atoms with Gasteiger partial charge in [-0.2, -0.15) is 0 Å². The van der Waals surface area contributed by atoms with Crippen LogP contribution in [0.5, 0.6) is 0 Å². The molecule has 0 radical (unpaired) electrons. The lowest BCUT2D eigenvalue weighted by Crippen LogP contribution is -2.45. The van der Waals surface area contributed by atoms with Gasteiger partial charge in [-0.3, -0.25) is 4.99 Å². The largest absolute Gasteiger partial charge is 0.382 e. The van der Waals surface area contributed by atoms with Crippen LogP contribution in [-0.2, 0) is 4.74 Å². The van der Waals surface area contributed by atoms with E-state index in [2.05, 4.69) is 43.4 Å². The second-order valence-corrected chi connectivity index (χ2v) is 6.12. The Balaban J connectivity index is 2.01. The number of aliphatic imine (C=N–C) groups is 1. The number of nitrogens with zero attached hydrogens (tertiary/aromatic N) is 1. The minimum Gasteiger partial charge on any atom is -0.382 e. The first-order valence-corrected chi connectivity index (χ1v) is 7.12. The number of hydrogen-bond acceptors (Lipinski definition) is 4. The van der Waals surface area contributed by atoms with E-state index in [1.807, 2.05) is 6.07 Å². The van der Waals surface area contributed by atoms with Gasteiger partial charge < -0.3 is 10.1 Å². The van der Waals surface area contributed by atoms with Crippen LogP contribution in [0.2, 0.25) is 0 Å². The smallest absolute Gasteiger partial charge is 0.157 e. The summed E-state index contributed by atoms with van der Waals surface area (Å²) in [6.45, 7) is 4.91. The van der Waals surface area contributed by atoms with E-state index in [9.17, 15) is 0 Å². The first kappa shape index (κ1) is 13.4. The summed E-state index contributed by atoms with van der Waals surface area (Å²) in [4.78, 5) is 4.74. The molecule has 4 heteroatoms. The third-order valence-electron chi connectivity index (χ3n) is 2.79. The van der Waals surface area contributed by atoms with Crippen LogP contribution in [-0.4, -0.2) is 30.2 Å². The number of thioether (sulfide) groups is 1. The first-order valence-electron chi connectivity index (χ1n) is 6.13. The maximum atomic E-state index is 5.20. The van der Waals surface area contributed by atoms with Gasteiger partial charge in [-0.05, 0) is 19.4 Å². The topological polar surface area (TPSA) is 33.6 Å². The van der Waals surface area contributed by atoms with Gasteiger partial charge in [0.25, 0.3) is 0 Å². The lowest BCUT2D eigenvalue weighted by Gasteiger charge is -2.25. The third kappa shape index (κ3) is 3.50. The van der Waals surface area contributed by atoms with Gasteiger partial charge in [-0.15, -0.1) is 0 Å². The van der Waals surface area contributed by atoms with Crippen molar-refractivity contribution in [2.75, 3.05) is 19.5 Å². The summed E-state index contributed by atoms with van der Waals surface area (Å²) in [6.07, 6.45) is 0. The molecular weight excluding hydrogens is 244 g/mol. The molecule has 0 saturated heterocycles. The molecule has 0 saturated carbocycles. The van der Waals surface area contributed by atoms with Crippen molar-refractivity contribution < 1.29 is 4.74 Å². The Hall–Kier alpha value is -1.00. The van der Waals surface area contributed by atoms with Crippen LogP contribution >= 0.6 is 11.8 Å². The van der Waals surface area contributed by atoms with E-state index in [1.54, 1.807) is 18.9 Å². The number of methoxy groups -OCH3 is 1. The second-order valence-electron chi connectivity index (χ2n) is 5.11. The van der Waals surface area contributed by atoms with Crippen LogP contribution < -0.4 is 5.32 Å². The molecular formula is C14H20N2OS. The molecule has 1 aliphatic rings. The Morgan fingerprint density at radius 2 is 2.11 bits per heavy atom. The lowest BCUT2D eigenvalue weighted by atomic mass is 10.1. The van der Waals surface area contributed by atoms with Crippen LogP contribution in [0.3, 0.4) is 0 Å². The van der Waals surface area contributed by atoms with Gasteiger partial charge in [0.1, 0.15) is 0 Å². The van der Waals surface area contributed by atoms with Gasteiger partial charge in [-0.1, -0.05) is 42.1 Å². The molecule has 1 unspecified atom stereocenters. The fraction of sp³-hybridized carbons (Fsp3) is 0.500. The minimum atomic E-state index is -0.0772. The number of hydrogen-bond donors (Lipinski definition) is 1. The molecule has 1 aliphatic heterocycles. The summed E-state index contributed by atoms with van der Waals surface area (Å²) in [6, 6.07) is 10.7. The van der Waals surface area contributed by atoms with Crippen molar-refractivity contribution in [2.45, 2.75) is 25.4 Å². The van der Waals surface area contributed by atoms with Crippen molar-refractivity contribution in [3.63, 3.8) is 0 Å². The molecule has 1 aromatic carbocycles. The van der Waals surface area contributed by atoms with Gasteiger partial charge in [0, 0.05) is 12.9 Å². The summed E-state index contributed by atoms with van der Waals surface area (Å²) in [5.74, 6) is 1.01. The van der Waals surface area contributed by atoms with Gasteiger partial charge >= 0.3 is 0 Å². The summed E-state index contributed by atoms with van der Waals surface area (Å²) in [7, 11) is 1.72. The van der Waals surface area contributed by atoms with Crippen molar-refractivity contribution in [1.82, 2.24) is 5.32 Å². The Morgan fingerprint density at radius 1 is 1.39 bits per heavy atom. The molecule has 1 heterocycles. The summed E-state index contributed by atoms with van der Waals surface area (Å²) >= 11 is 1.78. The van der Waals surface area contributed by atoms with Gasteiger partial charge in [0.2, 0.25) is 0 Å². The highest BCUT2D eigenvalue weighted by Gasteiger charge is 2.25. The number of rotatable bonds is 4. The number of nitrogens with one attached hydrogen (secondary N) is 1. The maximum Gasteiger partial charge on any atom is 0.157 e. The fourth-order valence-electron chi connectivity index (χ4n) is 1.97. The average Bonchev–Trinajstić information content (AvgIpc) is 2.77. The van der Waals surface area contributed by atoms with Crippen LogP contribution in [0.25, 0.3) is 0 Å². The van der Waals surface area contributed by atoms with Crippen molar-refractivity contribution >= 4 is 16.9 Å². The van der Waals surface area contributed by atoms with Crippen LogP contribution in [0.4, 0.5) is 0 Å². The average molecular weight is 264 g/mol. The molecule has 1 N–H and O–H groups in total. The normalized spacial score (nSPS) is 19.7. The maximum absolute atomic E-state index is 5.20. The molecule has 0 bridgehead atoms. The van der Waals surface area contributed by atoms with Crippen LogP contribution in [0.15, 0.2) is 35.3 Å². The molecule has 2 rings (SSSR count). The Morgan fingerprint density at radius 3 is 2.78 bits per heavy atom. The van der Waals surface area contributed by atoms with Crippen molar-refractivity contribution in [3.8, 4) is 0 Å². The summed E-state index contributed by atoms with van der Waals surface area (Å²) in [5.41, 5.74) is 1.21. The van der Waals surface area contributed by atoms with Crippen molar-refractivity contribution in [1.29, 1.82) is 0 Å². The molecule has 1 aromatic rings. The fourth-order valence-corrected chi connectivity index (χ4v) is 3.11. The van der Waals surface area contributed by atoms with Crippen LogP contribution in [0, 0.1) is 0 Å². The highest BCUT2D eigenvalue weighted by Crippen LogP contribution is 2.30. The Kier molecular flexibility index (Phi) is 4.30. The predicted molar refractivity (Wildman–Crippen MR) is 78.2 cm³/mol. The highest BCUT2D eigenvalue weighted by atomic mass is 32.2. The molecule has 0 fully saturated rings.